The van der Waals surface area contributed by atoms with Gasteiger partial charge in [0.2, 0.25) is 15.9 Å². The first-order valence-electron chi connectivity index (χ1n) is 13.2. The van der Waals surface area contributed by atoms with E-state index in [0.717, 1.165) is 22.4 Å². The fourth-order valence-electron chi connectivity index (χ4n) is 5.16. The molecule has 206 valence electrons. The molecule has 2 aliphatic rings. The number of carbonyl (C=O) groups excluding carboxylic acids is 1. The summed E-state index contributed by atoms with van der Waals surface area (Å²) in [4.78, 5) is 16.6. The van der Waals surface area contributed by atoms with E-state index in [9.17, 15) is 18.5 Å². The first-order valence-corrected chi connectivity index (χ1v) is 14.7. The molecule has 1 amide bonds. The Morgan fingerprint density at radius 1 is 1.21 bits per heavy atom. The van der Waals surface area contributed by atoms with E-state index in [2.05, 4.69) is 20.8 Å². The predicted molar refractivity (Wildman–Crippen MR) is 148 cm³/mol. The van der Waals surface area contributed by atoms with E-state index in [0.29, 0.717) is 44.7 Å². The van der Waals surface area contributed by atoms with Gasteiger partial charge in [0, 0.05) is 43.2 Å². The summed E-state index contributed by atoms with van der Waals surface area (Å²) in [7, 11) is -2.37. The lowest BCUT2D eigenvalue weighted by Gasteiger charge is -2.37. The fraction of sp³-hybridized carbons (Fsp3) is 0.464. The molecule has 0 radical (unpaired) electrons. The summed E-state index contributed by atoms with van der Waals surface area (Å²) in [6.07, 6.45) is 2.25. The zero-order valence-electron chi connectivity index (χ0n) is 22.7. The van der Waals surface area contributed by atoms with Gasteiger partial charge in [0.1, 0.15) is 11.3 Å². The average Bonchev–Trinajstić information content (AvgIpc) is 3.38. The predicted octanol–water partition coefficient (Wildman–Crippen LogP) is 2.98. The molecule has 2 aromatic carbocycles. The third kappa shape index (κ3) is 5.18. The second-order valence-electron chi connectivity index (χ2n) is 10.8. The number of aromatic nitrogens is 2. The topological polar surface area (TPSA) is 121 Å². The summed E-state index contributed by atoms with van der Waals surface area (Å²) in [5.74, 6) is 0.749. The largest absolute Gasteiger partial charge is 0.497 e. The molecule has 2 fully saturated rings. The highest BCUT2D eigenvalue weighted by Crippen LogP contribution is 2.44. The fourth-order valence-corrected chi connectivity index (χ4v) is 6.62. The van der Waals surface area contributed by atoms with Gasteiger partial charge in [0.15, 0.2) is 0 Å². The Balaban J connectivity index is 1.53. The van der Waals surface area contributed by atoms with Crippen molar-refractivity contribution in [3.05, 3.63) is 48.2 Å². The number of amides is 1. The molecule has 3 aromatic rings. The molecule has 1 aromatic heterocycles. The molecule has 2 unspecified atom stereocenters. The zero-order chi connectivity index (χ0) is 27.9. The molecule has 10 nitrogen and oxygen atoms in total. The van der Waals surface area contributed by atoms with Crippen molar-refractivity contribution in [2.24, 2.45) is 11.8 Å². The smallest absolute Gasteiger partial charge is 0.242 e. The van der Waals surface area contributed by atoms with Gasteiger partial charge in [0.05, 0.1) is 36.3 Å². The van der Waals surface area contributed by atoms with Gasteiger partial charge in [0.25, 0.3) is 0 Å². The van der Waals surface area contributed by atoms with Crippen LogP contribution < -0.4 is 14.4 Å². The van der Waals surface area contributed by atoms with Gasteiger partial charge in [-0.15, -0.1) is 0 Å². The number of fused-ring (bicyclic) bond motifs is 1. The van der Waals surface area contributed by atoms with Crippen LogP contribution in [0.2, 0.25) is 0 Å². The second-order valence-corrected chi connectivity index (χ2v) is 12.5. The third-order valence-corrected chi connectivity index (χ3v) is 9.26. The number of benzene rings is 2. The van der Waals surface area contributed by atoms with E-state index in [-0.39, 0.29) is 22.6 Å². The molecule has 1 saturated carbocycles. The maximum Gasteiger partial charge on any atom is 0.242 e. The number of nitriles is 1. The average molecular weight is 551 g/mol. The number of methoxy groups -OCH3 is 1. The molecule has 1 aliphatic heterocycles. The summed E-state index contributed by atoms with van der Waals surface area (Å²) in [5.41, 5.74) is 1.35. The Hall–Kier alpha value is -3.62. The minimum absolute atomic E-state index is 0.0485. The first kappa shape index (κ1) is 27.0. The van der Waals surface area contributed by atoms with Crippen molar-refractivity contribution in [1.82, 2.24) is 19.4 Å². The van der Waals surface area contributed by atoms with Crippen molar-refractivity contribution in [3.8, 4) is 11.8 Å². The number of sulfonamides is 1. The van der Waals surface area contributed by atoms with E-state index >= 15 is 0 Å². The number of piperazine rings is 1. The SMILES string of the molecule is COc1ccc(Cn2ncc3c(N4CCN(C(=O)C(C)C)CC4)cc(S(=O)(=O)NC4(C#N)CC4C)cc32)cc1. The summed E-state index contributed by atoms with van der Waals surface area (Å²) >= 11 is 0. The van der Waals surface area contributed by atoms with E-state index in [1.165, 1.54) is 0 Å². The van der Waals surface area contributed by atoms with Crippen molar-refractivity contribution in [1.29, 1.82) is 5.26 Å². The van der Waals surface area contributed by atoms with Gasteiger partial charge in [-0.05, 0) is 42.2 Å². The number of nitrogens with zero attached hydrogens (tertiary/aromatic N) is 5. The highest BCUT2D eigenvalue weighted by atomic mass is 32.2. The maximum absolute atomic E-state index is 13.6. The molecule has 0 spiro atoms. The van der Waals surface area contributed by atoms with E-state index in [4.69, 9.17) is 4.74 Å². The van der Waals surface area contributed by atoms with Crippen molar-refractivity contribution >= 4 is 32.5 Å². The van der Waals surface area contributed by atoms with E-state index < -0.39 is 15.6 Å². The van der Waals surface area contributed by atoms with Crippen molar-refractivity contribution in [3.63, 3.8) is 0 Å². The molecular formula is C28H34N6O4S. The second kappa shape index (κ2) is 10.2. The quantitative estimate of drug-likeness (QED) is 0.458. The zero-order valence-corrected chi connectivity index (χ0v) is 23.5. The molecule has 1 aliphatic carbocycles. The van der Waals surface area contributed by atoms with Crippen LogP contribution in [0, 0.1) is 23.2 Å². The molecule has 2 heterocycles. The van der Waals surface area contributed by atoms with Crippen LogP contribution in [0.4, 0.5) is 5.69 Å². The molecule has 39 heavy (non-hydrogen) atoms. The number of rotatable bonds is 8. The Kier molecular flexibility index (Phi) is 7.03. The van der Waals surface area contributed by atoms with Gasteiger partial charge in [-0.25, -0.2) is 8.42 Å². The molecule has 5 rings (SSSR count). The van der Waals surface area contributed by atoms with Gasteiger partial charge in [-0.1, -0.05) is 32.9 Å². The monoisotopic (exact) mass is 550 g/mol. The normalized spacial score (nSPS) is 21.3. The standard InChI is InChI=1S/C28H34N6O4S/c1-19(2)27(35)33-11-9-32(10-12-33)25-13-23(39(36,37)31-28(18-29)15-20(28)3)14-26-24(25)16-30-34(26)17-21-5-7-22(38-4)8-6-21/h5-8,13-14,16,19-20,31H,9-12,15,17H2,1-4H3. The lowest BCUT2D eigenvalue weighted by molar-refractivity contribution is -0.134. The summed E-state index contributed by atoms with van der Waals surface area (Å²) in [5, 5.41) is 15.1. The Labute approximate surface area is 229 Å². The van der Waals surface area contributed by atoms with E-state index in [1.807, 2.05) is 49.9 Å². The van der Waals surface area contributed by atoms with Gasteiger partial charge in [-0.2, -0.15) is 15.1 Å². The number of ether oxygens (including phenoxy) is 1. The molecule has 0 bridgehead atoms. The Bertz CT molecular complexity index is 1530. The van der Waals surface area contributed by atoms with Crippen LogP contribution in [0.25, 0.3) is 10.9 Å². The summed E-state index contributed by atoms with van der Waals surface area (Å²) < 4.78 is 36.9. The molecule has 1 saturated heterocycles. The van der Waals surface area contributed by atoms with Crippen LogP contribution >= 0.6 is 0 Å². The van der Waals surface area contributed by atoms with Crippen molar-refractivity contribution in [2.75, 3.05) is 38.2 Å². The number of hydrogen-bond donors (Lipinski definition) is 1. The molecule has 11 heteroatoms. The van der Waals surface area contributed by atoms with Crippen LogP contribution in [0.5, 0.6) is 5.75 Å². The Morgan fingerprint density at radius 3 is 2.44 bits per heavy atom. The summed E-state index contributed by atoms with van der Waals surface area (Å²) in [6, 6.07) is 13.1. The highest BCUT2D eigenvalue weighted by molar-refractivity contribution is 7.89. The number of nitrogens with one attached hydrogen (secondary N) is 1. The molecule has 1 N–H and O–H groups in total. The molecule has 2 atom stereocenters. The van der Waals surface area contributed by atoms with Crippen LogP contribution in [0.3, 0.4) is 0 Å². The van der Waals surface area contributed by atoms with Crippen LogP contribution in [0.1, 0.15) is 32.8 Å². The van der Waals surface area contributed by atoms with E-state index in [1.54, 1.807) is 30.1 Å². The first-order chi connectivity index (χ1) is 18.6. The lowest BCUT2D eigenvalue weighted by atomic mass is 10.1. The van der Waals surface area contributed by atoms with Crippen LogP contribution in [-0.2, 0) is 21.4 Å². The third-order valence-electron chi connectivity index (χ3n) is 7.77. The van der Waals surface area contributed by atoms with Gasteiger partial charge < -0.3 is 14.5 Å². The maximum atomic E-state index is 13.6. The number of carbonyl (C=O) groups is 1. The van der Waals surface area contributed by atoms with Crippen molar-refractivity contribution in [2.45, 2.75) is 44.2 Å². The Morgan fingerprint density at radius 2 is 1.87 bits per heavy atom. The van der Waals surface area contributed by atoms with Gasteiger partial charge in [-0.3, -0.25) is 9.48 Å². The minimum Gasteiger partial charge on any atom is -0.497 e. The van der Waals surface area contributed by atoms with Crippen LogP contribution in [0.15, 0.2) is 47.5 Å². The van der Waals surface area contributed by atoms with Crippen molar-refractivity contribution < 1.29 is 17.9 Å². The summed E-state index contributed by atoms with van der Waals surface area (Å²) in [6.45, 7) is 8.37. The lowest BCUT2D eigenvalue weighted by Crippen LogP contribution is -2.50. The highest BCUT2D eigenvalue weighted by Gasteiger charge is 2.54. The van der Waals surface area contributed by atoms with Gasteiger partial charge >= 0.3 is 0 Å². The number of anilines is 1. The molecular weight excluding hydrogens is 516 g/mol. The minimum atomic E-state index is -3.99. The number of hydrogen-bond acceptors (Lipinski definition) is 7. The van der Waals surface area contributed by atoms with Crippen LogP contribution in [-0.4, -0.2) is 67.8 Å².